The van der Waals surface area contributed by atoms with Crippen molar-refractivity contribution >= 4 is 0 Å². The molecule has 0 unspecified atom stereocenters. The van der Waals surface area contributed by atoms with Gasteiger partial charge in [-0.15, -0.1) is 0 Å². The second kappa shape index (κ2) is 7.54. The third kappa shape index (κ3) is 4.10. The van der Waals surface area contributed by atoms with Gasteiger partial charge in [-0.2, -0.15) is 5.10 Å². The molecule has 18 heavy (non-hydrogen) atoms. The molecule has 1 heterocycles. The van der Waals surface area contributed by atoms with E-state index in [2.05, 4.69) is 43.0 Å². The Hall–Kier alpha value is -0.870. The number of nitrogens with one attached hydrogen (secondary N) is 1. The second-order valence-corrected chi connectivity index (χ2v) is 4.83. The van der Waals surface area contributed by atoms with E-state index in [1.165, 1.54) is 24.2 Å². The molecule has 0 amide bonds. The highest BCUT2D eigenvalue weighted by Gasteiger charge is 2.08. The summed E-state index contributed by atoms with van der Waals surface area (Å²) in [4.78, 5) is 2.46. The molecule has 0 aliphatic heterocycles. The van der Waals surface area contributed by atoms with Gasteiger partial charge in [-0.25, -0.2) is 0 Å². The summed E-state index contributed by atoms with van der Waals surface area (Å²) in [6.45, 7) is 14.2. The van der Waals surface area contributed by atoms with Gasteiger partial charge >= 0.3 is 0 Å². The van der Waals surface area contributed by atoms with Crippen LogP contribution in [0, 0.1) is 13.8 Å². The number of aryl methyl sites for hydroxylation is 2. The van der Waals surface area contributed by atoms with Gasteiger partial charge in [0.2, 0.25) is 0 Å². The Morgan fingerprint density at radius 1 is 1.22 bits per heavy atom. The summed E-state index contributed by atoms with van der Waals surface area (Å²) in [7, 11) is 2.01. The normalized spacial score (nSPS) is 11.4. The number of aromatic nitrogens is 2. The van der Waals surface area contributed by atoms with Gasteiger partial charge in [0.25, 0.3) is 0 Å². The predicted octanol–water partition coefficient (Wildman–Crippen LogP) is 1.86. The third-order valence-corrected chi connectivity index (χ3v) is 3.68. The molecule has 1 aromatic rings. The largest absolute Gasteiger partial charge is 0.312 e. The van der Waals surface area contributed by atoms with Crippen LogP contribution in [0.25, 0.3) is 0 Å². The van der Waals surface area contributed by atoms with Crippen LogP contribution in [-0.4, -0.2) is 40.9 Å². The summed E-state index contributed by atoms with van der Waals surface area (Å²) >= 11 is 0. The Kier molecular flexibility index (Phi) is 6.36. The Morgan fingerprint density at radius 2 is 1.89 bits per heavy atom. The van der Waals surface area contributed by atoms with Gasteiger partial charge in [0.1, 0.15) is 0 Å². The zero-order valence-electron chi connectivity index (χ0n) is 12.6. The lowest BCUT2D eigenvalue weighted by Crippen LogP contribution is -2.27. The average Bonchev–Trinajstić information content (AvgIpc) is 2.59. The Morgan fingerprint density at radius 3 is 2.39 bits per heavy atom. The van der Waals surface area contributed by atoms with Crippen molar-refractivity contribution < 1.29 is 0 Å². The van der Waals surface area contributed by atoms with Crippen LogP contribution in [0.1, 0.15) is 37.2 Å². The Balaban J connectivity index is 2.26. The molecule has 0 atom stereocenters. The predicted molar refractivity (Wildman–Crippen MR) is 76.8 cm³/mol. The van der Waals surface area contributed by atoms with Gasteiger partial charge in [0.05, 0.1) is 5.69 Å². The first-order valence-electron chi connectivity index (χ1n) is 7.02. The van der Waals surface area contributed by atoms with Crippen molar-refractivity contribution in [1.82, 2.24) is 20.0 Å². The van der Waals surface area contributed by atoms with Crippen molar-refractivity contribution in [3.63, 3.8) is 0 Å². The molecule has 0 saturated carbocycles. The maximum atomic E-state index is 4.43. The van der Waals surface area contributed by atoms with Crippen LogP contribution in [0.5, 0.6) is 0 Å². The summed E-state index contributed by atoms with van der Waals surface area (Å²) in [6, 6.07) is 0. The highest BCUT2D eigenvalue weighted by atomic mass is 15.3. The molecule has 1 aromatic heterocycles. The second-order valence-electron chi connectivity index (χ2n) is 4.83. The lowest BCUT2D eigenvalue weighted by molar-refractivity contribution is 0.298. The van der Waals surface area contributed by atoms with Crippen LogP contribution >= 0.6 is 0 Å². The summed E-state index contributed by atoms with van der Waals surface area (Å²) < 4.78 is 1.96. The quantitative estimate of drug-likeness (QED) is 0.717. The van der Waals surface area contributed by atoms with E-state index in [1.54, 1.807) is 0 Å². The van der Waals surface area contributed by atoms with Gasteiger partial charge in [-0.1, -0.05) is 13.8 Å². The summed E-state index contributed by atoms with van der Waals surface area (Å²) in [5, 5.41) is 7.95. The van der Waals surface area contributed by atoms with E-state index in [0.29, 0.717) is 0 Å². The van der Waals surface area contributed by atoms with E-state index >= 15 is 0 Å². The minimum atomic E-state index is 0.934. The van der Waals surface area contributed by atoms with E-state index in [-0.39, 0.29) is 0 Å². The lowest BCUT2D eigenvalue weighted by Gasteiger charge is -2.17. The summed E-state index contributed by atoms with van der Waals surface area (Å²) in [5.74, 6) is 0. The van der Waals surface area contributed by atoms with Gasteiger partial charge in [-0.05, 0) is 46.4 Å². The van der Waals surface area contributed by atoms with Gasteiger partial charge in [-0.3, -0.25) is 4.68 Å². The molecule has 0 aliphatic carbocycles. The molecule has 4 nitrogen and oxygen atoms in total. The van der Waals surface area contributed by atoms with Crippen molar-refractivity contribution in [2.45, 2.75) is 40.7 Å². The molecule has 0 bridgehead atoms. The molecule has 1 N–H and O–H groups in total. The zero-order valence-corrected chi connectivity index (χ0v) is 12.6. The molecular formula is C14H28N4. The van der Waals surface area contributed by atoms with Crippen molar-refractivity contribution in [3.8, 4) is 0 Å². The first-order valence-corrected chi connectivity index (χ1v) is 7.02. The lowest BCUT2D eigenvalue weighted by atomic mass is 10.2. The van der Waals surface area contributed by atoms with Crippen LogP contribution in [0.15, 0.2) is 0 Å². The Labute approximate surface area is 111 Å². The third-order valence-electron chi connectivity index (χ3n) is 3.68. The highest BCUT2D eigenvalue weighted by Crippen LogP contribution is 2.10. The van der Waals surface area contributed by atoms with E-state index in [1.807, 2.05) is 11.7 Å². The fourth-order valence-corrected chi connectivity index (χ4v) is 2.25. The first-order chi connectivity index (χ1) is 8.60. The number of hydrogen-bond acceptors (Lipinski definition) is 3. The maximum absolute atomic E-state index is 4.43. The molecule has 104 valence electrons. The molecule has 0 aromatic carbocycles. The van der Waals surface area contributed by atoms with Crippen molar-refractivity contribution in [1.29, 1.82) is 0 Å². The molecule has 0 spiro atoms. The fraction of sp³-hybridized carbons (Fsp3) is 0.786. The molecular weight excluding hydrogens is 224 g/mol. The van der Waals surface area contributed by atoms with Crippen molar-refractivity contribution in [2.75, 3.05) is 26.2 Å². The van der Waals surface area contributed by atoms with E-state index in [0.717, 1.165) is 31.9 Å². The minimum Gasteiger partial charge on any atom is -0.312 e. The smallest absolute Gasteiger partial charge is 0.0641 e. The van der Waals surface area contributed by atoms with Crippen LogP contribution in [0.2, 0.25) is 0 Å². The molecule has 0 saturated heterocycles. The van der Waals surface area contributed by atoms with E-state index < -0.39 is 0 Å². The zero-order chi connectivity index (χ0) is 13.5. The van der Waals surface area contributed by atoms with Crippen LogP contribution < -0.4 is 5.32 Å². The Bertz CT molecular complexity index is 353. The topological polar surface area (TPSA) is 33.1 Å². The summed E-state index contributed by atoms with van der Waals surface area (Å²) in [6.07, 6.45) is 1.21. The van der Waals surface area contributed by atoms with E-state index in [9.17, 15) is 0 Å². The van der Waals surface area contributed by atoms with E-state index in [4.69, 9.17) is 0 Å². The van der Waals surface area contributed by atoms with Crippen molar-refractivity contribution in [3.05, 3.63) is 17.0 Å². The average molecular weight is 252 g/mol. The van der Waals surface area contributed by atoms with Crippen LogP contribution in [0.4, 0.5) is 0 Å². The molecule has 0 radical (unpaired) electrons. The number of nitrogens with zero attached hydrogens (tertiary/aromatic N) is 3. The standard InChI is InChI=1S/C14H28N4/c1-6-18(7-2)10-8-9-15-11-14-12(3)16-17(5)13(14)4/h15H,6-11H2,1-5H3. The minimum absolute atomic E-state index is 0.934. The molecule has 0 fully saturated rings. The van der Waals surface area contributed by atoms with Gasteiger partial charge < -0.3 is 10.2 Å². The van der Waals surface area contributed by atoms with Gasteiger partial charge in [0, 0.05) is 24.8 Å². The summed E-state index contributed by atoms with van der Waals surface area (Å²) in [5.41, 5.74) is 3.76. The van der Waals surface area contributed by atoms with Crippen LogP contribution in [-0.2, 0) is 13.6 Å². The molecule has 4 heteroatoms. The molecule has 0 aliphatic rings. The number of hydrogen-bond donors (Lipinski definition) is 1. The molecule has 1 rings (SSSR count). The fourth-order valence-electron chi connectivity index (χ4n) is 2.25. The van der Waals surface area contributed by atoms with Gasteiger partial charge in [0.15, 0.2) is 0 Å². The highest BCUT2D eigenvalue weighted by molar-refractivity contribution is 5.23. The number of rotatable bonds is 8. The SMILES string of the molecule is CCN(CC)CCCNCc1c(C)nn(C)c1C. The monoisotopic (exact) mass is 252 g/mol. The first kappa shape index (κ1) is 15.2. The van der Waals surface area contributed by atoms with Crippen molar-refractivity contribution in [2.24, 2.45) is 7.05 Å². The maximum Gasteiger partial charge on any atom is 0.0641 e. The van der Waals surface area contributed by atoms with Crippen LogP contribution in [0.3, 0.4) is 0 Å².